The minimum Gasteiger partial charge on any atom is -0.332 e. The molecule has 1 spiro atoms. The maximum atomic E-state index is 12.2. The first-order valence-corrected chi connectivity index (χ1v) is 7.47. The molecule has 1 saturated carbocycles. The zero-order valence-corrected chi connectivity index (χ0v) is 11.9. The standard InChI is InChI=1S/C16H20F2N2O/c17-14(18)9-19-15(21)20-10-13(12-5-2-1-3-6-12)16(11-20)7-4-8-16/h1-3,5-6,13-14H,4,7-11H2,(H,19,21). The summed E-state index contributed by atoms with van der Waals surface area (Å²) in [5.41, 5.74) is 1.41. The summed E-state index contributed by atoms with van der Waals surface area (Å²) in [7, 11) is 0. The molecule has 1 aromatic carbocycles. The molecular formula is C16H20F2N2O. The molecule has 0 aromatic heterocycles. The molecule has 1 atom stereocenters. The highest BCUT2D eigenvalue weighted by Crippen LogP contribution is 2.55. The Morgan fingerprint density at radius 2 is 2.05 bits per heavy atom. The number of alkyl halides is 2. The number of halogens is 2. The summed E-state index contributed by atoms with van der Waals surface area (Å²) >= 11 is 0. The fraction of sp³-hybridized carbons (Fsp3) is 0.562. The Morgan fingerprint density at radius 1 is 1.33 bits per heavy atom. The minimum absolute atomic E-state index is 0.156. The van der Waals surface area contributed by atoms with Crippen LogP contribution in [-0.2, 0) is 0 Å². The summed E-state index contributed by atoms with van der Waals surface area (Å²) in [6.07, 6.45) is 0.922. The van der Waals surface area contributed by atoms with Crippen LogP contribution in [0, 0.1) is 5.41 Å². The van der Waals surface area contributed by atoms with Gasteiger partial charge in [0.1, 0.15) is 0 Å². The first kappa shape index (κ1) is 14.3. The lowest BCUT2D eigenvalue weighted by molar-refractivity contribution is 0.120. The molecule has 1 unspecified atom stereocenters. The molecule has 2 amide bonds. The third kappa shape index (κ3) is 2.74. The van der Waals surface area contributed by atoms with Crippen LogP contribution in [0.15, 0.2) is 30.3 Å². The van der Waals surface area contributed by atoms with Gasteiger partial charge in [0, 0.05) is 19.0 Å². The van der Waals surface area contributed by atoms with Gasteiger partial charge >= 0.3 is 6.03 Å². The maximum absolute atomic E-state index is 12.2. The van der Waals surface area contributed by atoms with E-state index in [1.807, 2.05) is 18.2 Å². The topological polar surface area (TPSA) is 32.3 Å². The molecule has 0 radical (unpaired) electrons. The van der Waals surface area contributed by atoms with Crippen LogP contribution in [0.1, 0.15) is 30.7 Å². The summed E-state index contributed by atoms with van der Waals surface area (Å²) in [5.74, 6) is 0.324. The number of likely N-dealkylation sites (tertiary alicyclic amines) is 1. The van der Waals surface area contributed by atoms with Gasteiger partial charge < -0.3 is 10.2 Å². The fourth-order valence-corrected chi connectivity index (χ4v) is 3.68. The molecule has 2 fully saturated rings. The molecule has 1 heterocycles. The van der Waals surface area contributed by atoms with Gasteiger partial charge in [0.05, 0.1) is 6.54 Å². The number of rotatable bonds is 3. The van der Waals surface area contributed by atoms with Crippen molar-refractivity contribution in [2.75, 3.05) is 19.6 Å². The molecule has 114 valence electrons. The number of hydrogen-bond acceptors (Lipinski definition) is 1. The predicted octanol–water partition coefficient (Wildman–Crippen LogP) is 3.23. The smallest absolute Gasteiger partial charge is 0.317 e. The highest BCUT2D eigenvalue weighted by Gasteiger charge is 2.51. The van der Waals surface area contributed by atoms with E-state index < -0.39 is 13.0 Å². The molecular weight excluding hydrogens is 274 g/mol. The molecule has 1 aliphatic carbocycles. The number of nitrogens with one attached hydrogen (secondary N) is 1. The number of benzene rings is 1. The van der Waals surface area contributed by atoms with Crippen LogP contribution in [0.5, 0.6) is 0 Å². The van der Waals surface area contributed by atoms with Gasteiger partial charge in [-0.05, 0) is 23.8 Å². The molecule has 1 saturated heterocycles. The summed E-state index contributed by atoms with van der Waals surface area (Å²) < 4.78 is 24.4. The van der Waals surface area contributed by atoms with E-state index in [2.05, 4.69) is 17.4 Å². The molecule has 1 aliphatic heterocycles. The van der Waals surface area contributed by atoms with Crippen LogP contribution < -0.4 is 5.32 Å². The van der Waals surface area contributed by atoms with Gasteiger partial charge in [-0.15, -0.1) is 0 Å². The van der Waals surface area contributed by atoms with Gasteiger partial charge in [-0.3, -0.25) is 0 Å². The first-order chi connectivity index (χ1) is 10.1. The van der Waals surface area contributed by atoms with E-state index in [1.165, 1.54) is 12.0 Å². The molecule has 3 rings (SSSR count). The van der Waals surface area contributed by atoms with Crippen molar-refractivity contribution < 1.29 is 13.6 Å². The highest BCUT2D eigenvalue weighted by atomic mass is 19.3. The highest BCUT2D eigenvalue weighted by molar-refractivity contribution is 5.75. The summed E-state index contributed by atoms with van der Waals surface area (Å²) in [6, 6.07) is 9.86. The van der Waals surface area contributed by atoms with Crippen LogP contribution in [0.4, 0.5) is 13.6 Å². The summed E-state index contributed by atoms with van der Waals surface area (Å²) in [4.78, 5) is 13.7. The molecule has 1 aromatic rings. The van der Waals surface area contributed by atoms with Crippen molar-refractivity contribution >= 4 is 6.03 Å². The second-order valence-electron chi connectivity index (χ2n) is 6.14. The first-order valence-electron chi connectivity index (χ1n) is 7.47. The van der Waals surface area contributed by atoms with Gasteiger partial charge in [-0.25, -0.2) is 13.6 Å². The van der Waals surface area contributed by atoms with Crippen LogP contribution >= 0.6 is 0 Å². The number of carbonyl (C=O) groups is 1. The van der Waals surface area contributed by atoms with E-state index in [0.717, 1.165) is 12.8 Å². The number of urea groups is 1. The predicted molar refractivity (Wildman–Crippen MR) is 76.4 cm³/mol. The minimum atomic E-state index is -2.50. The van der Waals surface area contributed by atoms with E-state index in [0.29, 0.717) is 19.0 Å². The largest absolute Gasteiger partial charge is 0.332 e. The van der Waals surface area contributed by atoms with E-state index in [-0.39, 0.29) is 11.4 Å². The zero-order chi connectivity index (χ0) is 14.9. The molecule has 1 N–H and O–H groups in total. The van der Waals surface area contributed by atoms with Crippen molar-refractivity contribution in [3.05, 3.63) is 35.9 Å². The Balaban J connectivity index is 1.72. The lowest BCUT2D eigenvalue weighted by Crippen LogP contribution is -2.42. The van der Waals surface area contributed by atoms with Gasteiger partial charge in [0.25, 0.3) is 6.43 Å². The van der Waals surface area contributed by atoms with Crippen molar-refractivity contribution in [1.29, 1.82) is 0 Å². The lowest BCUT2D eigenvalue weighted by Gasteiger charge is -2.43. The summed E-state index contributed by atoms with van der Waals surface area (Å²) in [6.45, 7) is 0.735. The Morgan fingerprint density at radius 3 is 2.62 bits per heavy atom. The number of nitrogens with zero attached hydrogens (tertiary/aromatic N) is 1. The normalized spacial score (nSPS) is 23.4. The SMILES string of the molecule is O=C(NCC(F)F)N1CC(c2ccccc2)C2(CCC2)C1. The van der Waals surface area contributed by atoms with Gasteiger partial charge in [0.2, 0.25) is 0 Å². The molecule has 2 aliphatic rings. The van der Waals surface area contributed by atoms with Crippen molar-refractivity contribution in [2.24, 2.45) is 5.41 Å². The van der Waals surface area contributed by atoms with Crippen LogP contribution in [0.25, 0.3) is 0 Å². The number of amides is 2. The number of hydrogen-bond donors (Lipinski definition) is 1. The average Bonchev–Trinajstić information content (AvgIpc) is 2.86. The van der Waals surface area contributed by atoms with E-state index in [9.17, 15) is 13.6 Å². The van der Waals surface area contributed by atoms with E-state index >= 15 is 0 Å². The maximum Gasteiger partial charge on any atom is 0.317 e. The van der Waals surface area contributed by atoms with Crippen LogP contribution in [-0.4, -0.2) is 37.0 Å². The quantitative estimate of drug-likeness (QED) is 0.912. The van der Waals surface area contributed by atoms with E-state index in [4.69, 9.17) is 0 Å². The van der Waals surface area contributed by atoms with Crippen molar-refractivity contribution in [3.63, 3.8) is 0 Å². The Labute approximate surface area is 123 Å². The third-order valence-corrected chi connectivity index (χ3v) is 4.89. The Kier molecular flexibility index (Phi) is 3.83. The van der Waals surface area contributed by atoms with Crippen LogP contribution in [0.2, 0.25) is 0 Å². The fourth-order valence-electron chi connectivity index (χ4n) is 3.68. The monoisotopic (exact) mass is 294 g/mol. The second kappa shape index (κ2) is 5.62. The van der Waals surface area contributed by atoms with Crippen molar-refractivity contribution in [3.8, 4) is 0 Å². The molecule has 5 heteroatoms. The summed E-state index contributed by atoms with van der Waals surface area (Å²) in [5, 5.41) is 2.32. The van der Waals surface area contributed by atoms with Gasteiger partial charge in [-0.2, -0.15) is 0 Å². The van der Waals surface area contributed by atoms with Gasteiger partial charge in [-0.1, -0.05) is 36.8 Å². The van der Waals surface area contributed by atoms with Crippen molar-refractivity contribution in [1.82, 2.24) is 10.2 Å². The third-order valence-electron chi connectivity index (χ3n) is 4.89. The zero-order valence-electron chi connectivity index (χ0n) is 11.9. The Bertz CT molecular complexity index is 502. The molecule has 0 bridgehead atoms. The lowest BCUT2D eigenvalue weighted by atomic mass is 9.61. The molecule has 21 heavy (non-hydrogen) atoms. The van der Waals surface area contributed by atoms with E-state index in [1.54, 1.807) is 4.90 Å². The Hall–Kier alpha value is -1.65. The average molecular weight is 294 g/mol. The number of carbonyl (C=O) groups excluding carboxylic acids is 1. The van der Waals surface area contributed by atoms with Gasteiger partial charge in [0.15, 0.2) is 0 Å². The second-order valence-corrected chi connectivity index (χ2v) is 6.14. The van der Waals surface area contributed by atoms with Crippen LogP contribution in [0.3, 0.4) is 0 Å². The van der Waals surface area contributed by atoms with Crippen molar-refractivity contribution in [2.45, 2.75) is 31.6 Å². The molecule has 3 nitrogen and oxygen atoms in total.